The minimum absolute atomic E-state index is 0.0284. The zero-order chi connectivity index (χ0) is 27.1. The smallest absolute Gasteiger partial charge is 0.296 e. The molecule has 1 atom stereocenters. The molecule has 1 aliphatic heterocycles. The van der Waals surface area contributed by atoms with Crippen molar-refractivity contribution in [3.8, 4) is 0 Å². The molecule has 0 radical (unpaired) electrons. The molecular formula is C28H17BrClN3O4S2. The Morgan fingerprint density at radius 3 is 2.67 bits per heavy atom. The average molecular weight is 639 g/mol. The Morgan fingerprint density at radius 1 is 1.08 bits per heavy atom. The van der Waals surface area contributed by atoms with E-state index in [-0.39, 0.29) is 16.5 Å². The highest BCUT2D eigenvalue weighted by Crippen LogP contribution is 2.44. The van der Waals surface area contributed by atoms with Crippen LogP contribution >= 0.6 is 50.6 Å². The van der Waals surface area contributed by atoms with Crippen molar-refractivity contribution in [2.24, 2.45) is 0 Å². The number of benzene rings is 3. The third kappa shape index (κ3) is 4.89. The third-order valence-electron chi connectivity index (χ3n) is 6.18. The van der Waals surface area contributed by atoms with E-state index < -0.39 is 23.5 Å². The lowest BCUT2D eigenvalue weighted by Crippen LogP contribution is -2.31. The summed E-state index contributed by atoms with van der Waals surface area (Å²) in [6, 6.07) is 22.6. The van der Waals surface area contributed by atoms with Crippen LogP contribution in [0.2, 0.25) is 5.02 Å². The summed E-state index contributed by atoms with van der Waals surface area (Å²) in [6.45, 7) is 0. The molecule has 3 heterocycles. The summed E-state index contributed by atoms with van der Waals surface area (Å²) in [5.41, 5.74) is 2.01. The first-order valence-electron chi connectivity index (χ1n) is 11.7. The van der Waals surface area contributed by atoms with E-state index in [1.165, 1.54) is 28.0 Å². The number of halogens is 2. The number of fused-ring (bicyclic) bond motifs is 1. The van der Waals surface area contributed by atoms with Gasteiger partial charge in [0.15, 0.2) is 15.9 Å². The maximum absolute atomic E-state index is 13.8. The molecule has 194 valence electrons. The topological polar surface area (TPSA) is 96.5 Å². The van der Waals surface area contributed by atoms with Gasteiger partial charge in [0.2, 0.25) is 10.9 Å². The number of amides is 1. The Labute approximate surface area is 244 Å². The number of ketones is 1. The molecule has 0 aliphatic carbocycles. The fraction of sp³-hybridized carbons (Fsp3) is 0.0714. The van der Waals surface area contributed by atoms with E-state index in [0.717, 1.165) is 15.4 Å². The molecular weight excluding hydrogens is 622 g/mol. The van der Waals surface area contributed by atoms with Gasteiger partial charge in [0.25, 0.3) is 5.91 Å². The molecule has 1 unspecified atom stereocenters. The number of hydrogen-bond acceptors (Lipinski definition) is 8. The van der Waals surface area contributed by atoms with Crippen molar-refractivity contribution in [2.75, 3.05) is 4.90 Å². The van der Waals surface area contributed by atoms with Crippen LogP contribution in [0.25, 0.3) is 11.0 Å². The number of aromatic nitrogens is 2. The van der Waals surface area contributed by atoms with Crippen molar-refractivity contribution >= 4 is 78.4 Å². The lowest BCUT2D eigenvalue weighted by atomic mass is 9.95. The van der Waals surface area contributed by atoms with Gasteiger partial charge in [-0.15, -0.1) is 10.2 Å². The standard InChI is InChI=1S/C28H17BrClN3O4S2/c29-18-9-5-8-16(12-18)23-22(24(34)21-13-15-6-2-4-11-20(15)37-21)25(35)26(36)33(23)27-31-32-28(39-27)38-14-17-7-1-3-10-19(17)30/h1-13,23,35H,14H2. The molecule has 7 nitrogen and oxygen atoms in total. The van der Waals surface area contributed by atoms with Gasteiger partial charge < -0.3 is 9.52 Å². The number of carbonyl (C=O) groups excluding carboxylic acids is 2. The van der Waals surface area contributed by atoms with Gasteiger partial charge in [-0.05, 0) is 41.5 Å². The second-order valence-corrected chi connectivity index (χ2v) is 12.1. The molecule has 0 fully saturated rings. The summed E-state index contributed by atoms with van der Waals surface area (Å²) in [5, 5.41) is 21.2. The fourth-order valence-corrected chi connectivity index (χ4v) is 6.94. The number of carbonyl (C=O) groups is 2. The number of aliphatic hydroxyl groups excluding tert-OH is 1. The molecule has 2 aromatic heterocycles. The Hall–Kier alpha value is -3.44. The predicted octanol–water partition coefficient (Wildman–Crippen LogP) is 7.78. The zero-order valence-electron chi connectivity index (χ0n) is 19.9. The van der Waals surface area contributed by atoms with Gasteiger partial charge in [-0.1, -0.05) is 99.2 Å². The van der Waals surface area contributed by atoms with Crippen molar-refractivity contribution in [2.45, 2.75) is 16.1 Å². The van der Waals surface area contributed by atoms with Gasteiger partial charge in [0.1, 0.15) is 5.58 Å². The van der Waals surface area contributed by atoms with Gasteiger partial charge in [-0.25, -0.2) is 0 Å². The van der Waals surface area contributed by atoms with Gasteiger partial charge in [0.05, 0.1) is 11.6 Å². The highest BCUT2D eigenvalue weighted by Gasteiger charge is 2.46. The van der Waals surface area contributed by atoms with E-state index in [4.69, 9.17) is 16.0 Å². The van der Waals surface area contributed by atoms with Crippen molar-refractivity contribution in [3.05, 3.63) is 117 Å². The Bertz CT molecular complexity index is 1750. The number of thioether (sulfide) groups is 1. The number of para-hydroxylation sites is 1. The number of hydrogen-bond donors (Lipinski definition) is 1. The van der Waals surface area contributed by atoms with Crippen LogP contribution < -0.4 is 4.90 Å². The van der Waals surface area contributed by atoms with Gasteiger partial charge in [-0.2, -0.15) is 0 Å². The fourth-order valence-electron chi connectivity index (χ4n) is 4.37. The minimum atomic E-state index is -0.940. The van der Waals surface area contributed by atoms with Crippen molar-refractivity contribution < 1.29 is 19.1 Å². The van der Waals surface area contributed by atoms with Crippen molar-refractivity contribution in [1.29, 1.82) is 0 Å². The largest absolute Gasteiger partial charge is 0.503 e. The molecule has 0 bridgehead atoms. The number of nitrogens with zero attached hydrogens (tertiary/aromatic N) is 3. The first-order valence-corrected chi connectivity index (χ1v) is 14.6. The van der Waals surface area contributed by atoms with Gasteiger partial charge in [0, 0.05) is 20.6 Å². The number of anilines is 1. The Balaban J connectivity index is 1.37. The average Bonchev–Trinajstić information content (AvgIpc) is 3.64. The van der Waals surface area contributed by atoms with Crippen LogP contribution in [-0.2, 0) is 10.5 Å². The predicted molar refractivity (Wildman–Crippen MR) is 155 cm³/mol. The molecule has 1 N–H and O–H groups in total. The molecule has 0 spiro atoms. The van der Waals surface area contributed by atoms with Crippen LogP contribution in [0.3, 0.4) is 0 Å². The van der Waals surface area contributed by atoms with E-state index in [1.807, 2.05) is 42.5 Å². The highest BCUT2D eigenvalue weighted by atomic mass is 79.9. The first-order chi connectivity index (χ1) is 18.9. The van der Waals surface area contributed by atoms with Crippen molar-refractivity contribution in [1.82, 2.24) is 10.2 Å². The number of rotatable bonds is 7. The molecule has 6 rings (SSSR count). The molecule has 1 aliphatic rings. The van der Waals surface area contributed by atoms with Crippen molar-refractivity contribution in [3.63, 3.8) is 0 Å². The lowest BCUT2D eigenvalue weighted by Gasteiger charge is -2.24. The SMILES string of the molecule is O=C(C1=C(O)C(=O)N(c2nnc(SCc3ccccc3Cl)s2)C1c1cccc(Br)c1)c1cc2ccccc2o1. The third-order valence-corrected chi connectivity index (χ3v) is 9.14. The summed E-state index contributed by atoms with van der Waals surface area (Å²) in [7, 11) is 0. The number of aliphatic hydroxyl groups is 1. The van der Waals surface area contributed by atoms with Crippen LogP contribution in [-0.4, -0.2) is 27.0 Å². The van der Waals surface area contributed by atoms with Crippen LogP contribution in [0.1, 0.15) is 27.7 Å². The second-order valence-electron chi connectivity index (χ2n) is 8.60. The minimum Gasteiger partial charge on any atom is -0.503 e. The summed E-state index contributed by atoms with van der Waals surface area (Å²) < 4.78 is 7.15. The summed E-state index contributed by atoms with van der Waals surface area (Å²) in [4.78, 5) is 28.5. The maximum Gasteiger partial charge on any atom is 0.296 e. The first kappa shape index (κ1) is 25.8. The van der Waals surface area contributed by atoms with Gasteiger partial charge in [-0.3, -0.25) is 14.5 Å². The summed E-state index contributed by atoms with van der Waals surface area (Å²) in [6.07, 6.45) is 0. The molecule has 0 saturated carbocycles. The van der Waals surface area contributed by atoms with E-state index in [0.29, 0.717) is 26.3 Å². The summed E-state index contributed by atoms with van der Waals surface area (Å²) >= 11 is 12.4. The molecule has 0 saturated heterocycles. The monoisotopic (exact) mass is 637 g/mol. The van der Waals surface area contributed by atoms with Crippen LogP contribution in [0.4, 0.5) is 5.13 Å². The maximum atomic E-state index is 13.8. The molecule has 5 aromatic rings. The second kappa shape index (κ2) is 10.6. The normalized spacial score (nSPS) is 15.5. The zero-order valence-corrected chi connectivity index (χ0v) is 23.9. The quantitative estimate of drug-likeness (QED) is 0.110. The summed E-state index contributed by atoms with van der Waals surface area (Å²) in [5.74, 6) is -1.37. The van der Waals surface area contributed by atoms with Crippen LogP contribution in [0.5, 0.6) is 0 Å². The molecule has 1 amide bonds. The highest BCUT2D eigenvalue weighted by molar-refractivity contribution is 9.10. The molecule has 3 aromatic carbocycles. The molecule has 39 heavy (non-hydrogen) atoms. The molecule has 11 heteroatoms. The van der Waals surface area contributed by atoms with Crippen LogP contribution in [0, 0.1) is 0 Å². The van der Waals surface area contributed by atoms with Gasteiger partial charge >= 0.3 is 0 Å². The Morgan fingerprint density at radius 2 is 1.87 bits per heavy atom. The van der Waals surface area contributed by atoms with E-state index in [9.17, 15) is 14.7 Å². The van der Waals surface area contributed by atoms with E-state index in [2.05, 4.69) is 26.1 Å². The Kier molecular flexibility index (Phi) is 7.03. The van der Waals surface area contributed by atoms with E-state index >= 15 is 0 Å². The number of Topliss-reactive ketones (excluding diaryl/α,β-unsaturated/α-hetero) is 1. The number of furan rings is 1. The lowest BCUT2D eigenvalue weighted by molar-refractivity contribution is -0.117. The van der Waals surface area contributed by atoms with Crippen LogP contribution in [0.15, 0.2) is 103 Å². The van der Waals surface area contributed by atoms with E-state index in [1.54, 1.807) is 36.4 Å².